The van der Waals surface area contributed by atoms with Crippen LogP contribution in [0, 0.1) is 6.92 Å². The maximum Gasteiger partial charge on any atom is 0.220 e. The molecule has 4 heteroatoms. The second-order valence-corrected chi connectivity index (χ2v) is 3.31. The molecule has 0 saturated carbocycles. The van der Waals surface area contributed by atoms with E-state index in [0.717, 1.165) is 24.3 Å². The van der Waals surface area contributed by atoms with Gasteiger partial charge in [0.05, 0.1) is 6.54 Å². The molecule has 0 radical (unpaired) electrons. The Morgan fingerprint density at radius 3 is 3.00 bits per heavy atom. The number of carbonyl (C=O) groups excluding carboxylic acids is 1. The summed E-state index contributed by atoms with van der Waals surface area (Å²) in [6, 6.07) is 1.82. The van der Waals surface area contributed by atoms with Crippen LogP contribution in [0.2, 0.25) is 0 Å². The summed E-state index contributed by atoms with van der Waals surface area (Å²) in [5.41, 5.74) is 0.771. The Morgan fingerprint density at radius 2 is 2.43 bits per heavy atom. The van der Waals surface area contributed by atoms with E-state index >= 15 is 0 Å². The van der Waals surface area contributed by atoms with Crippen LogP contribution in [0.15, 0.2) is 10.6 Å². The molecule has 1 amide bonds. The molecule has 0 bridgehead atoms. The quantitative estimate of drug-likeness (QED) is 0.781. The molecule has 0 spiro atoms. The first kappa shape index (κ1) is 10.8. The summed E-state index contributed by atoms with van der Waals surface area (Å²) in [6.07, 6.45) is 2.56. The third-order valence-electron chi connectivity index (χ3n) is 1.90. The van der Waals surface area contributed by atoms with Crippen molar-refractivity contribution < 1.29 is 9.32 Å². The van der Waals surface area contributed by atoms with Crippen LogP contribution in [0.3, 0.4) is 0 Å². The van der Waals surface area contributed by atoms with E-state index in [1.165, 1.54) is 0 Å². The fraction of sp³-hybridized carbons (Fsp3) is 0.600. The Bertz CT molecular complexity index is 294. The van der Waals surface area contributed by atoms with Crippen LogP contribution in [-0.4, -0.2) is 11.1 Å². The smallest absolute Gasteiger partial charge is 0.220 e. The van der Waals surface area contributed by atoms with Gasteiger partial charge in [0.25, 0.3) is 0 Å². The molecule has 0 aliphatic rings. The fourth-order valence-corrected chi connectivity index (χ4v) is 1.12. The van der Waals surface area contributed by atoms with E-state index in [1.807, 2.05) is 13.0 Å². The molecule has 0 atom stereocenters. The van der Waals surface area contributed by atoms with Crippen LogP contribution in [0.4, 0.5) is 0 Å². The lowest BCUT2D eigenvalue weighted by molar-refractivity contribution is -0.121. The van der Waals surface area contributed by atoms with Gasteiger partial charge in [-0.2, -0.15) is 0 Å². The number of rotatable bonds is 5. The molecule has 1 aromatic rings. The van der Waals surface area contributed by atoms with Crippen molar-refractivity contribution in [2.24, 2.45) is 0 Å². The lowest BCUT2D eigenvalue weighted by Gasteiger charge is -2.00. The molecular formula is C10H16N2O2. The molecule has 0 aliphatic carbocycles. The lowest BCUT2D eigenvalue weighted by atomic mass is 10.2. The molecule has 1 heterocycles. The van der Waals surface area contributed by atoms with Crippen molar-refractivity contribution in [2.75, 3.05) is 0 Å². The minimum Gasteiger partial charge on any atom is -0.361 e. The highest BCUT2D eigenvalue weighted by Crippen LogP contribution is 2.01. The second-order valence-electron chi connectivity index (χ2n) is 3.31. The summed E-state index contributed by atoms with van der Waals surface area (Å²) in [7, 11) is 0. The number of hydrogen-bond donors (Lipinski definition) is 1. The van der Waals surface area contributed by atoms with Gasteiger partial charge < -0.3 is 9.84 Å². The van der Waals surface area contributed by atoms with Gasteiger partial charge in [0, 0.05) is 12.5 Å². The minimum atomic E-state index is 0.0764. The monoisotopic (exact) mass is 196 g/mol. The van der Waals surface area contributed by atoms with E-state index in [2.05, 4.69) is 17.4 Å². The number of aryl methyl sites for hydroxylation is 1. The third kappa shape index (κ3) is 3.60. The fourth-order valence-electron chi connectivity index (χ4n) is 1.12. The molecule has 0 unspecified atom stereocenters. The predicted octanol–water partition coefficient (Wildman–Crippen LogP) is 1.79. The molecule has 1 N–H and O–H groups in total. The Labute approximate surface area is 83.7 Å². The van der Waals surface area contributed by atoms with Crippen molar-refractivity contribution >= 4 is 5.91 Å². The highest BCUT2D eigenvalue weighted by molar-refractivity contribution is 5.75. The van der Waals surface area contributed by atoms with E-state index in [-0.39, 0.29) is 5.91 Å². The number of hydrogen-bond acceptors (Lipinski definition) is 3. The van der Waals surface area contributed by atoms with Gasteiger partial charge in [-0.3, -0.25) is 4.79 Å². The molecule has 14 heavy (non-hydrogen) atoms. The van der Waals surface area contributed by atoms with E-state index in [1.54, 1.807) is 0 Å². The van der Waals surface area contributed by atoms with Crippen LogP contribution in [0.5, 0.6) is 0 Å². The SMILES string of the molecule is CCCCC(=O)NCc1cc(C)on1. The average Bonchev–Trinajstić information content (AvgIpc) is 2.58. The zero-order valence-corrected chi connectivity index (χ0v) is 8.67. The van der Waals surface area contributed by atoms with Gasteiger partial charge >= 0.3 is 0 Å². The topological polar surface area (TPSA) is 55.1 Å². The minimum absolute atomic E-state index is 0.0764. The number of nitrogens with one attached hydrogen (secondary N) is 1. The summed E-state index contributed by atoms with van der Waals surface area (Å²) < 4.78 is 4.88. The van der Waals surface area contributed by atoms with E-state index < -0.39 is 0 Å². The van der Waals surface area contributed by atoms with E-state index in [0.29, 0.717) is 13.0 Å². The number of amides is 1. The normalized spacial score (nSPS) is 10.1. The van der Waals surface area contributed by atoms with Gasteiger partial charge in [-0.25, -0.2) is 0 Å². The van der Waals surface area contributed by atoms with Crippen molar-refractivity contribution in [1.29, 1.82) is 0 Å². The van der Waals surface area contributed by atoms with Crippen molar-refractivity contribution in [2.45, 2.75) is 39.7 Å². The van der Waals surface area contributed by atoms with Crippen LogP contribution >= 0.6 is 0 Å². The van der Waals surface area contributed by atoms with Gasteiger partial charge in [-0.1, -0.05) is 18.5 Å². The van der Waals surface area contributed by atoms with E-state index in [9.17, 15) is 4.79 Å². The van der Waals surface area contributed by atoms with Crippen LogP contribution in [0.25, 0.3) is 0 Å². The first-order chi connectivity index (χ1) is 6.72. The Balaban J connectivity index is 2.23. The van der Waals surface area contributed by atoms with Gasteiger partial charge in [0.2, 0.25) is 5.91 Å². The summed E-state index contributed by atoms with van der Waals surface area (Å²) in [5, 5.41) is 6.56. The molecular weight excluding hydrogens is 180 g/mol. The number of unbranched alkanes of at least 4 members (excludes halogenated alkanes) is 1. The first-order valence-corrected chi connectivity index (χ1v) is 4.91. The average molecular weight is 196 g/mol. The molecule has 0 saturated heterocycles. The van der Waals surface area contributed by atoms with Gasteiger partial charge in [-0.05, 0) is 13.3 Å². The zero-order valence-electron chi connectivity index (χ0n) is 8.67. The molecule has 4 nitrogen and oxygen atoms in total. The van der Waals surface area contributed by atoms with Crippen LogP contribution in [-0.2, 0) is 11.3 Å². The zero-order chi connectivity index (χ0) is 10.4. The number of aromatic nitrogens is 1. The predicted molar refractivity (Wildman–Crippen MR) is 52.6 cm³/mol. The second kappa shape index (κ2) is 5.42. The number of carbonyl (C=O) groups is 1. The highest BCUT2D eigenvalue weighted by atomic mass is 16.5. The van der Waals surface area contributed by atoms with Gasteiger partial charge in [-0.15, -0.1) is 0 Å². The lowest BCUT2D eigenvalue weighted by Crippen LogP contribution is -2.22. The number of nitrogens with zero attached hydrogens (tertiary/aromatic N) is 1. The summed E-state index contributed by atoms with van der Waals surface area (Å²) in [4.78, 5) is 11.2. The Hall–Kier alpha value is -1.32. The Morgan fingerprint density at radius 1 is 1.64 bits per heavy atom. The summed E-state index contributed by atoms with van der Waals surface area (Å²) >= 11 is 0. The van der Waals surface area contributed by atoms with Crippen molar-refractivity contribution in [3.05, 3.63) is 17.5 Å². The van der Waals surface area contributed by atoms with Gasteiger partial charge in [0.1, 0.15) is 11.5 Å². The largest absolute Gasteiger partial charge is 0.361 e. The van der Waals surface area contributed by atoms with Crippen molar-refractivity contribution in [1.82, 2.24) is 10.5 Å². The molecule has 0 aromatic carbocycles. The van der Waals surface area contributed by atoms with Crippen LogP contribution in [0.1, 0.15) is 37.6 Å². The van der Waals surface area contributed by atoms with Crippen molar-refractivity contribution in [3.63, 3.8) is 0 Å². The van der Waals surface area contributed by atoms with Crippen LogP contribution < -0.4 is 5.32 Å². The Kier molecular flexibility index (Phi) is 4.16. The molecule has 0 aliphatic heterocycles. The summed E-state index contributed by atoms with van der Waals surface area (Å²) in [6.45, 7) is 4.35. The summed E-state index contributed by atoms with van der Waals surface area (Å²) in [5.74, 6) is 0.843. The molecule has 0 fully saturated rings. The maximum atomic E-state index is 11.2. The molecule has 1 aromatic heterocycles. The molecule has 78 valence electrons. The highest BCUT2D eigenvalue weighted by Gasteiger charge is 2.03. The van der Waals surface area contributed by atoms with Crippen molar-refractivity contribution in [3.8, 4) is 0 Å². The van der Waals surface area contributed by atoms with Gasteiger partial charge in [0.15, 0.2) is 0 Å². The third-order valence-corrected chi connectivity index (χ3v) is 1.90. The van der Waals surface area contributed by atoms with E-state index in [4.69, 9.17) is 4.52 Å². The first-order valence-electron chi connectivity index (χ1n) is 4.91. The standard InChI is InChI=1S/C10H16N2O2/c1-3-4-5-10(13)11-7-9-6-8(2)14-12-9/h6H,3-5,7H2,1-2H3,(H,11,13). The molecule has 1 rings (SSSR count). The maximum absolute atomic E-state index is 11.2.